The van der Waals surface area contributed by atoms with Crippen LogP contribution in [0.1, 0.15) is 16.1 Å². The summed E-state index contributed by atoms with van der Waals surface area (Å²) in [7, 11) is 0. The van der Waals surface area contributed by atoms with Crippen LogP contribution in [0.25, 0.3) is 22.6 Å². The molecule has 0 aliphatic carbocycles. The lowest BCUT2D eigenvalue weighted by Gasteiger charge is -2.09. The molecule has 6 nitrogen and oxygen atoms in total. The number of para-hydroxylation sites is 2. The van der Waals surface area contributed by atoms with E-state index in [9.17, 15) is 9.90 Å². The lowest BCUT2D eigenvalue weighted by molar-refractivity contribution is 0.0995. The molecule has 4 aromatic rings. The number of phenols is 1. The zero-order chi connectivity index (χ0) is 18.3. The molecule has 0 radical (unpaired) electrons. The molecule has 0 aliphatic rings. The van der Waals surface area contributed by atoms with Crippen LogP contribution >= 0.6 is 15.9 Å². The molecule has 130 valence electrons. The minimum atomic E-state index is -0.399. The monoisotopic (exact) mass is 412 g/mol. The summed E-state index contributed by atoms with van der Waals surface area (Å²) in [5.74, 6) is 0.106. The van der Waals surface area contributed by atoms with E-state index in [-0.39, 0.29) is 17.4 Å². The van der Waals surface area contributed by atoms with E-state index in [2.05, 4.69) is 26.2 Å². The van der Waals surface area contributed by atoms with E-state index in [0.29, 0.717) is 32.6 Å². The van der Waals surface area contributed by atoms with Gasteiger partial charge in [0.05, 0.1) is 5.56 Å². The number of amides is 1. The van der Waals surface area contributed by atoms with Crippen molar-refractivity contribution in [2.75, 3.05) is 5.32 Å². The maximum absolute atomic E-state index is 12.3. The zero-order valence-corrected chi connectivity index (χ0v) is 15.2. The summed E-state index contributed by atoms with van der Waals surface area (Å²) in [5.41, 5.74) is 2.79. The summed E-state index contributed by atoms with van der Waals surface area (Å²) in [6, 6.07) is 13.8. The third kappa shape index (κ3) is 2.97. The van der Waals surface area contributed by atoms with Crippen LogP contribution in [-0.4, -0.2) is 16.0 Å². The average Bonchev–Trinajstić information content (AvgIpc) is 3.23. The Morgan fingerprint density at radius 2 is 1.96 bits per heavy atom. The fourth-order valence-corrected chi connectivity index (χ4v) is 2.94. The van der Waals surface area contributed by atoms with Crippen LogP contribution < -0.4 is 5.32 Å². The van der Waals surface area contributed by atoms with Crippen LogP contribution in [0.4, 0.5) is 5.69 Å². The molecule has 0 saturated carbocycles. The van der Waals surface area contributed by atoms with E-state index in [1.54, 1.807) is 37.3 Å². The lowest BCUT2D eigenvalue weighted by Crippen LogP contribution is -2.11. The number of carbonyl (C=O) groups excluding carboxylic acids is 1. The summed E-state index contributed by atoms with van der Waals surface area (Å²) in [6.07, 6.45) is 0. The van der Waals surface area contributed by atoms with Gasteiger partial charge >= 0.3 is 0 Å². The van der Waals surface area contributed by atoms with Gasteiger partial charge in [-0.25, -0.2) is 4.98 Å². The number of hydrogen-bond acceptors (Lipinski definition) is 5. The number of phenolic OH excluding ortho intramolecular Hbond substituents is 1. The minimum Gasteiger partial charge on any atom is -0.507 e. The molecular weight excluding hydrogens is 400 g/mol. The summed E-state index contributed by atoms with van der Waals surface area (Å²) >= 11 is 3.17. The first-order valence-electron chi connectivity index (χ1n) is 7.77. The molecule has 2 aromatic heterocycles. The maximum atomic E-state index is 12.3. The Balaban J connectivity index is 1.72. The Labute approximate surface area is 156 Å². The molecule has 0 atom stereocenters. The first-order valence-corrected chi connectivity index (χ1v) is 8.57. The Bertz CT molecular complexity index is 1100. The van der Waals surface area contributed by atoms with Gasteiger partial charge in [-0.3, -0.25) is 4.79 Å². The van der Waals surface area contributed by atoms with E-state index in [4.69, 9.17) is 8.83 Å². The summed E-state index contributed by atoms with van der Waals surface area (Å²) in [5, 5.41) is 13.2. The van der Waals surface area contributed by atoms with Crippen LogP contribution in [0, 0.1) is 6.92 Å². The summed E-state index contributed by atoms with van der Waals surface area (Å²) in [6.45, 7) is 1.74. The molecule has 2 aromatic carbocycles. The number of rotatable bonds is 3. The fourth-order valence-electron chi connectivity index (χ4n) is 2.63. The van der Waals surface area contributed by atoms with Gasteiger partial charge < -0.3 is 19.3 Å². The Hall–Kier alpha value is -3.06. The largest absolute Gasteiger partial charge is 0.507 e. The van der Waals surface area contributed by atoms with Gasteiger partial charge in [-0.1, -0.05) is 12.1 Å². The molecule has 0 saturated heterocycles. The summed E-state index contributed by atoms with van der Waals surface area (Å²) in [4.78, 5) is 16.7. The normalized spacial score (nSPS) is 11.0. The Morgan fingerprint density at radius 1 is 1.15 bits per heavy atom. The Kier molecular flexibility index (Phi) is 4.00. The molecule has 0 aliphatic heterocycles. The number of halogens is 1. The van der Waals surface area contributed by atoms with Crippen molar-refractivity contribution in [1.29, 1.82) is 0 Å². The molecule has 4 rings (SSSR count). The van der Waals surface area contributed by atoms with Crippen molar-refractivity contribution in [3.8, 4) is 17.2 Å². The van der Waals surface area contributed by atoms with Crippen molar-refractivity contribution < 1.29 is 18.7 Å². The molecule has 2 N–H and O–H groups in total. The Morgan fingerprint density at radius 3 is 2.69 bits per heavy atom. The number of anilines is 1. The fraction of sp³-hybridized carbons (Fsp3) is 0.0526. The first kappa shape index (κ1) is 16.4. The predicted octanol–water partition coefficient (Wildman–Crippen LogP) is 5.12. The van der Waals surface area contributed by atoms with Crippen LogP contribution in [0.2, 0.25) is 0 Å². The van der Waals surface area contributed by atoms with E-state index in [1.165, 1.54) is 0 Å². The number of aryl methyl sites for hydroxylation is 1. The smallest absolute Gasteiger partial charge is 0.291 e. The highest BCUT2D eigenvalue weighted by Crippen LogP contribution is 2.36. The lowest BCUT2D eigenvalue weighted by atomic mass is 10.1. The number of hydrogen-bond donors (Lipinski definition) is 2. The number of fused-ring (bicyclic) bond motifs is 1. The molecule has 0 spiro atoms. The molecule has 0 unspecified atom stereocenters. The van der Waals surface area contributed by atoms with Crippen LogP contribution in [0.15, 0.2) is 62.0 Å². The topological polar surface area (TPSA) is 88.5 Å². The molecular formula is C19H13BrN2O4. The highest BCUT2D eigenvalue weighted by molar-refractivity contribution is 9.10. The first-order chi connectivity index (χ1) is 12.5. The van der Waals surface area contributed by atoms with Crippen LogP contribution in [0.5, 0.6) is 5.75 Å². The predicted molar refractivity (Wildman–Crippen MR) is 100 cm³/mol. The van der Waals surface area contributed by atoms with Crippen molar-refractivity contribution in [2.24, 2.45) is 0 Å². The van der Waals surface area contributed by atoms with Gasteiger partial charge in [0.25, 0.3) is 5.91 Å². The second-order valence-electron chi connectivity index (χ2n) is 5.73. The van der Waals surface area contributed by atoms with Gasteiger partial charge in [0, 0.05) is 5.69 Å². The van der Waals surface area contributed by atoms with Crippen molar-refractivity contribution in [2.45, 2.75) is 6.92 Å². The van der Waals surface area contributed by atoms with E-state index in [0.717, 1.165) is 0 Å². The second kappa shape index (κ2) is 6.34. The van der Waals surface area contributed by atoms with Gasteiger partial charge in [0.1, 0.15) is 11.3 Å². The number of nitrogens with one attached hydrogen (secondary N) is 1. The standard InChI is InChI=1S/C19H13BrN2O4/c1-10-8-11(21-18(24)15-6-7-16(20)25-15)9-12(17(10)23)19-22-13-4-2-3-5-14(13)26-19/h2-9,23H,1H3,(H,21,24). The van der Waals surface area contributed by atoms with Crippen molar-refractivity contribution in [1.82, 2.24) is 4.98 Å². The SMILES string of the molecule is Cc1cc(NC(=O)c2ccc(Br)o2)cc(-c2nc3ccccc3o2)c1O. The van der Waals surface area contributed by atoms with Gasteiger partial charge in [-0.2, -0.15) is 0 Å². The number of furan rings is 1. The van der Waals surface area contributed by atoms with Gasteiger partial charge in [0.15, 0.2) is 16.0 Å². The number of aromatic nitrogens is 1. The number of benzene rings is 2. The van der Waals surface area contributed by atoms with Gasteiger partial charge in [-0.05, 0) is 64.8 Å². The molecule has 2 heterocycles. The third-order valence-corrected chi connectivity index (χ3v) is 4.31. The van der Waals surface area contributed by atoms with Crippen molar-refractivity contribution in [3.63, 3.8) is 0 Å². The summed E-state index contributed by atoms with van der Waals surface area (Å²) < 4.78 is 11.4. The van der Waals surface area contributed by atoms with Gasteiger partial charge in [0.2, 0.25) is 5.89 Å². The minimum absolute atomic E-state index is 0.0512. The molecule has 1 amide bonds. The molecule has 0 fully saturated rings. The average molecular weight is 413 g/mol. The third-order valence-electron chi connectivity index (χ3n) is 3.88. The second-order valence-corrected chi connectivity index (χ2v) is 6.52. The van der Waals surface area contributed by atoms with Crippen molar-refractivity contribution >= 4 is 38.6 Å². The zero-order valence-electron chi connectivity index (χ0n) is 13.6. The van der Waals surface area contributed by atoms with Crippen molar-refractivity contribution in [3.05, 3.63) is 64.5 Å². The van der Waals surface area contributed by atoms with Crippen LogP contribution in [-0.2, 0) is 0 Å². The van der Waals surface area contributed by atoms with Crippen LogP contribution in [0.3, 0.4) is 0 Å². The highest BCUT2D eigenvalue weighted by Gasteiger charge is 2.17. The highest BCUT2D eigenvalue weighted by atomic mass is 79.9. The number of nitrogens with zero attached hydrogens (tertiary/aromatic N) is 1. The number of aromatic hydroxyl groups is 1. The quantitative estimate of drug-likeness (QED) is 0.456. The van der Waals surface area contributed by atoms with E-state index >= 15 is 0 Å². The molecule has 0 bridgehead atoms. The number of carbonyl (C=O) groups is 1. The van der Waals surface area contributed by atoms with E-state index < -0.39 is 5.91 Å². The van der Waals surface area contributed by atoms with Gasteiger partial charge in [-0.15, -0.1) is 0 Å². The number of oxazole rings is 1. The maximum Gasteiger partial charge on any atom is 0.291 e. The van der Waals surface area contributed by atoms with E-state index in [1.807, 2.05) is 18.2 Å². The molecule has 7 heteroatoms. The molecule has 26 heavy (non-hydrogen) atoms.